The number of nitrogens with zero attached hydrogens (tertiary/aromatic N) is 6. The van der Waals surface area contributed by atoms with Crippen LogP contribution < -0.4 is 5.56 Å². The first-order valence-electron chi connectivity index (χ1n) is 10.0. The Kier molecular flexibility index (Phi) is 4.85. The molecule has 1 atom stereocenters. The van der Waals surface area contributed by atoms with Crippen LogP contribution in [0.4, 0.5) is 0 Å². The predicted molar refractivity (Wildman–Crippen MR) is 115 cm³/mol. The molecule has 0 radical (unpaired) electrons. The van der Waals surface area contributed by atoms with Crippen LogP contribution in [0.15, 0.2) is 39.6 Å². The van der Waals surface area contributed by atoms with Gasteiger partial charge in [-0.1, -0.05) is 46.8 Å². The second kappa shape index (κ2) is 7.69. The molecular formula is C21H20N6O3S. The molecule has 1 fully saturated rings. The molecule has 9 nitrogen and oxygen atoms in total. The van der Waals surface area contributed by atoms with Gasteiger partial charge >= 0.3 is 0 Å². The van der Waals surface area contributed by atoms with Gasteiger partial charge in [0.2, 0.25) is 11.7 Å². The monoisotopic (exact) mass is 436 g/mol. The zero-order chi connectivity index (χ0) is 21.5. The van der Waals surface area contributed by atoms with E-state index < -0.39 is 0 Å². The van der Waals surface area contributed by atoms with E-state index in [1.807, 2.05) is 35.2 Å². The molecule has 0 unspecified atom stereocenters. The number of carbonyl (C=O) groups is 1. The number of likely N-dealkylation sites (tertiary alicyclic amines) is 1. The van der Waals surface area contributed by atoms with E-state index >= 15 is 0 Å². The van der Waals surface area contributed by atoms with Crippen LogP contribution in [-0.2, 0) is 18.3 Å². The molecule has 4 heterocycles. The molecule has 31 heavy (non-hydrogen) atoms. The number of aromatic nitrogens is 5. The number of fused-ring (bicyclic) bond motifs is 1. The van der Waals surface area contributed by atoms with Crippen LogP contribution in [0.3, 0.4) is 0 Å². The van der Waals surface area contributed by atoms with E-state index in [4.69, 9.17) is 4.52 Å². The van der Waals surface area contributed by atoms with Gasteiger partial charge in [0.15, 0.2) is 16.2 Å². The first kappa shape index (κ1) is 19.6. The van der Waals surface area contributed by atoms with Crippen LogP contribution in [0.5, 0.6) is 0 Å². The number of thiazole rings is 1. The van der Waals surface area contributed by atoms with Crippen molar-refractivity contribution in [2.45, 2.75) is 32.2 Å². The summed E-state index contributed by atoms with van der Waals surface area (Å²) in [6, 6.07) is 9.56. The Morgan fingerprint density at radius 3 is 2.77 bits per heavy atom. The predicted octanol–water partition coefficient (Wildman–Crippen LogP) is 2.65. The summed E-state index contributed by atoms with van der Waals surface area (Å²) in [7, 11) is 1.61. The third-order valence-corrected chi connectivity index (χ3v) is 6.48. The van der Waals surface area contributed by atoms with E-state index in [1.165, 1.54) is 15.9 Å². The van der Waals surface area contributed by atoms with E-state index in [2.05, 4.69) is 20.1 Å². The third kappa shape index (κ3) is 3.52. The Labute approximate surface area is 181 Å². The minimum absolute atomic E-state index is 0.0656. The molecule has 0 aliphatic carbocycles. The normalized spacial score (nSPS) is 16.3. The summed E-state index contributed by atoms with van der Waals surface area (Å²) in [4.78, 5) is 41.6. The maximum absolute atomic E-state index is 13.0. The maximum atomic E-state index is 13.0. The molecule has 4 aromatic rings. The van der Waals surface area contributed by atoms with E-state index in [1.54, 1.807) is 14.0 Å². The minimum atomic E-state index is -0.279. The minimum Gasteiger partial charge on any atom is -0.333 e. The number of hydrogen-bond donors (Lipinski definition) is 0. The van der Waals surface area contributed by atoms with E-state index in [9.17, 15) is 9.59 Å². The number of aryl methyl sites for hydroxylation is 1. The highest BCUT2D eigenvalue weighted by Crippen LogP contribution is 2.36. The first-order valence-corrected chi connectivity index (χ1v) is 10.8. The number of benzene rings is 1. The highest BCUT2D eigenvalue weighted by molar-refractivity contribution is 7.18. The number of carbonyl (C=O) groups excluding carboxylic acids is 1. The van der Waals surface area contributed by atoms with Crippen molar-refractivity contribution < 1.29 is 9.32 Å². The van der Waals surface area contributed by atoms with Crippen LogP contribution in [0, 0.1) is 6.92 Å². The summed E-state index contributed by atoms with van der Waals surface area (Å²) < 4.78 is 6.56. The summed E-state index contributed by atoms with van der Waals surface area (Å²) in [6.45, 7) is 2.39. The van der Waals surface area contributed by atoms with Crippen molar-refractivity contribution in [3.8, 4) is 11.7 Å². The van der Waals surface area contributed by atoms with E-state index in [0.717, 1.165) is 23.4 Å². The fraction of sp³-hybridized carbons (Fsp3) is 0.333. The van der Waals surface area contributed by atoms with Crippen molar-refractivity contribution in [1.82, 2.24) is 29.6 Å². The molecule has 1 saturated heterocycles. The maximum Gasteiger partial charge on any atom is 0.294 e. The van der Waals surface area contributed by atoms with Gasteiger partial charge in [-0.25, -0.2) is 9.97 Å². The molecule has 1 amide bonds. The molecule has 0 spiro atoms. The largest absolute Gasteiger partial charge is 0.333 e. The molecule has 1 aromatic carbocycles. The molecule has 1 aliphatic rings. The Morgan fingerprint density at radius 2 is 2.03 bits per heavy atom. The lowest BCUT2D eigenvalue weighted by Gasteiger charge is -2.23. The molecular weight excluding hydrogens is 416 g/mol. The lowest BCUT2D eigenvalue weighted by atomic mass is 10.1. The summed E-state index contributed by atoms with van der Waals surface area (Å²) in [6.07, 6.45) is 2.07. The molecule has 158 valence electrons. The average molecular weight is 436 g/mol. The molecule has 0 saturated carbocycles. The topological polar surface area (TPSA) is 107 Å². The van der Waals surface area contributed by atoms with Crippen LogP contribution >= 0.6 is 11.3 Å². The van der Waals surface area contributed by atoms with Crippen molar-refractivity contribution in [2.75, 3.05) is 6.54 Å². The zero-order valence-electron chi connectivity index (χ0n) is 17.1. The van der Waals surface area contributed by atoms with Gasteiger partial charge in [0.05, 0.1) is 12.5 Å². The molecule has 5 rings (SSSR count). The summed E-state index contributed by atoms with van der Waals surface area (Å²) in [5.74, 6) is 1.02. The lowest BCUT2D eigenvalue weighted by Crippen LogP contribution is -2.31. The van der Waals surface area contributed by atoms with E-state index in [-0.39, 0.29) is 23.4 Å². The van der Waals surface area contributed by atoms with Gasteiger partial charge in [-0.15, -0.1) is 0 Å². The summed E-state index contributed by atoms with van der Waals surface area (Å²) in [5.41, 5.74) is 1.00. The van der Waals surface area contributed by atoms with E-state index in [0.29, 0.717) is 35.0 Å². The zero-order valence-corrected chi connectivity index (χ0v) is 17.9. The van der Waals surface area contributed by atoms with Gasteiger partial charge < -0.3 is 9.42 Å². The quantitative estimate of drug-likeness (QED) is 0.484. The van der Waals surface area contributed by atoms with Gasteiger partial charge in [0.25, 0.3) is 11.4 Å². The number of hydrogen-bond acceptors (Lipinski definition) is 8. The third-order valence-electron chi connectivity index (χ3n) is 5.43. The Balaban J connectivity index is 1.49. The lowest BCUT2D eigenvalue weighted by molar-refractivity contribution is -0.131. The molecule has 3 aromatic heterocycles. The SMILES string of the molecule is Cc1noc(-c2nc3sc([C@H]4CCCN4C(=O)Cc4ccccc4)nc3c(=O)n2C)n1. The number of rotatable bonds is 4. The van der Waals surface area contributed by atoms with Crippen LogP contribution in [0.2, 0.25) is 0 Å². The summed E-state index contributed by atoms with van der Waals surface area (Å²) >= 11 is 1.34. The van der Waals surface area contributed by atoms with Gasteiger partial charge in [-0.3, -0.25) is 14.2 Å². The van der Waals surface area contributed by atoms with Crippen molar-refractivity contribution in [3.05, 3.63) is 57.1 Å². The smallest absolute Gasteiger partial charge is 0.294 e. The molecule has 10 heteroatoms. The Hall–Kier alpha value is -3.40. The molecule has 1 aliphatic heterocycles. The second-order valence-electron chi connectivity index (χ2n) is 7.56. The highest BCUT2D eigenvalue weighted by Gasteiger charge is 2.33. The fourth-order valence-electron chi connectivity index (χ4n) is 3.89. The van der Waals surface area contributed by atoms with Crippen molar-refractivity contribution in [3.63, 3.8) is 0 Å². The molecule has 0 bridgehead atoms. The Morgan fingerprint density at radius 1 is 1.23 bits per heavy atom. The fourth-order valence-corrected chi connectivity index (χ4v) is 4.96. The standard InChI is InChI=1S/C21H20N6O3S/c1-12-22-18(30-25-12)17-24-20-16(21(29)26(17)2)23-19(31-20)14-9-6-10-27(14)15(28)11-13-7-4-3-5-8-13/h3-5,7-8,14H,6,9-11H2,1-2H3/t14-/m1/s1. The van der Waals surface area contributed by atoms with Gasteiger partial charge in [-0.05, 0) is 25.3 Å². The van der Waals surface area contributed by atoms with Crippen molar-refractivity contribution >= 4 is 27.6 Å². The second-order valence-corrected chi connectivity index (χ2v) is 8.57. The van der Waals surface area contributed by atoms with Gasteiger partial charge in [-0.2, -0.15) is 4.98 Å². The molecule has 0 N–H and O–H groups in total. The average Bonchev–Trinajstić information content (AvgIpc) is 3.50. The van der Waals surface area contributed by atoms with Crippen molar-refractivity contribution in [2.24, 2.45) is 7.05 Å². The Bertz CT molecular complexity index is 1330. The van der Waals surface area contributed by atoms with Gasteiger partial charge in [0, 0.05) is 13.6 Å². The first-order chi connectivity index (χ1) is 15.0. The summed E-state index contributed by atoms with van der Waals surface area (Å²) in [5, 5.41) is 4.51. The van der Waals surface area contributed by atoms with Crippen molar-refractivity contribution in [1.29, 1.82) is 0 Å². The van der Waals surface area contributed by atoms with Crippen LogP contribution in [0.1, 0.15) is 35.3 Å². The van der Waals surface area contributed by atoms with Crippen LogP contribution in [-0.4, -0.2) is 42.0 Å². The van der Waals surface area contributed by atoms with Crippen LogP contribution in [0.25, 0.3) is 22.1 Å². The highest BCUT2D eigenvalue weighted by atomic mass is 32.1. The van der Waals surface area contributed by atoms with Gasteiger partial charge in [0.1, 0.15) is 5.01 Å². The number of amides is 1.